The molecule has 0 spiro atoms. The van der Waals surface area contributed by atoms with Gasteiger partial charge < -0.3 is 10.8 Å². The molecule has 0 aliphatic rings. The number of hydrogen-bond donors (Lipinski definition) is 2. The third-order valence-corrected chi connectivity index (χ3v) is 3.56. The summed E-state index contributed by atoms with van der Waals surface area (Å²) in [6, 6.07) is 9.81. The number of hydrogen-bond acceptors (Lipinski definition) is 2. The summed E-state index contributed by atoms with van der Waals surface area (Å²) in [7, 11) is 0. The van der Waals surface area contributed by atoms with Gasteiger partial charge in [0.25, 0.3) is 0 Å². The second-order valence-electron chi connectivity index (χ2n) is 4.47. The second-order valence-corrected chi connectivity index (χ2v) is 4.88. The van der Waals surface area contributed by atoms with E-state index >= 15 is 0 Å². The van der Waals surface area contributed by atoms with Gasteiger partial charge in [0.15, 0.2) is 0 Å². The topological polar surface area (TPSA) is 46.2 Å². The Balaban J connectivity index is 2.41. The predicted octanol–water partition coefficient (Wildman–Crippen LogP) is 3.39. The van der Waals surface area contributed by atoms with Crippen LogP contribution in [-0.4, -0.2) is 11.7 Å². The summed E-state index contributed by atoms with van der Waals surface area (Å²) >= 11 is 6.07. The van der Waals surface area contributed by atoms with Crippen LogP contribution < -0.4 is 5.73 Å². The molecule has 0 aliphatic carbocycles. The van der Waals surface area contributed by atoms with Crippen LogP contribution >= 0.6 is 11.6 Å². The molecule has 0 saturated carbocycles. The maximum Gasteiger partial charge on any atom is 0.129 e. The number of benzene rings is 2. The maximum atomic E-state index is 13.7. The lowest BCUT2D eigenvalue weighted by molar-refractivity contribution is 0.142. The Morgan fingerprint density at radius 1 is 1.10 bits per heavy atom. The van der Waals surface area contributed by atoms with Gasteiger partial charge in [-0.1, -0.05) is 29.8 Å². The molecule has 0 fully saturated rings. The van der Waals surface area contributed by atoms with E-state index in [2.05, 4.69) is 0 Å². The summed E-state index contributed by atoms with van der Waals surface area (Å²) in [5, 5.41) is 10.7. The molecule has 0 amide bonds. The number of rotatable bonds is 4. The largest absolute Gasteiger partial charge is 0.388 e. The molecule has 2 aromatic rings. The smallest absolute Gasteiger partial charge is 0.129 e. The van der Waals surface area contributed by atoms with E-state index in [0.717, 1.165) is 18.2 Å². The minimum absolute atomic E-state index is 0.0564. The molecule has 2 atom stereocenters. The third kappa shape index (κ3) is 2.98. The summed E-state index contributed by atoms with van der Waals surface area (Å²) in [5.74, 6) is -1.90. The normalized spacial score (nSPS) is 14.1. The fourth-order valence-electron chi connectivity index (χ4n) is 2.16. The summed E-state index contributed by atoms with van der Waals surface area (Å²) in [6.45, 7) is 0.0564. The molecule has 20 heavy (non-hydrogen) atoms. The van der Waals surface area contributed by atoms with Gasteiger partial charge in [-0.05, 0) is 29.8 Å². The highest BCUT2D eigenvalue weighted by Gasteiger charge is 2.26. The quantitative estimate of drug-likeness (QED) is 0.908. The van der Waals surface area contributed by atoms with Gasteiger partial charge in [0.05, 0.1) is 6.10 Å². The van der Waals surface area contributed by atoms with E-state index in [1.54, 1.807) is 24.3 Å². The van der Waals surface area contributed by atoms with E-state index < -0.39 is 23.7 Å². The molecule has 5 heteroatoms. The van der Waals surface area contributed by atoms with Crippen LogP contribution in [-0.2, 0) is 0 Å². The molecule has 0 aromatic heterocycles. The number of nitrogens with two attached hydrogens (primary N) is 1. The first-order valence-electron chi connectivity index (χ1n) is 6.12. The fourth-order valence-corrected chi connectivity index (χ4v) is 2.44. The van der Waals surface area contributed by atoms with Gasteiger partial charge in [-0.25, -0.2) is 8.78 Å². The highest BCUT2D eigenvalue weighted by Crippen LogP contribution is 2.35. The first-order chi connectivity index (χ1) is 9.54. The van der Waals surface area contributed by atoms with Crippen molar-refractivity contribution in [2.45, 2.75) is 12.0 Å². The van der Waals surface area contributed by atoms with Crippen LogP contribution in [0.1, 0.15) is 23.1 Å². The Bertz CT molecular complexity index is 606. The van der Waals surface area contributed by atoms with E-state index in [-0.39, 0.29) is 12.1 Å². The zero-order chi connectivity index (χ0) is 14.7. The van der Waals surface area contributed by atoms with Crippen molar-refractivity contribution in [2.24, 2.45) is 5.73 Å². The Hall–Kier alpha value is -1.49. The zero-order valence-electron chi connectivity index (χ0n) is 10.6. The van der Waals surface area contributed by atoms with Gasteiger partial charge in [-0.15, -0.1) is 0 Å². The van der Waals surface area contributed by atoms with Crippen molar-refractivity contribution in [1.29, 1.82) is 0 Å². The first kappa shape index (κ1) is 14.9. The summed E-state index contributed by atoms with van der Waals surface area (Å²) in [6.07, 6.45) is -1.27. The van der Waals surface area contributed by atoms with Gasteiger partial charge in [-0.2, -0.15) is 0 Å². The lowest BCUT2D eigenvalue weighted by Gasteiger charge is -2.23. The van der Waals surface area contributed by atoms with Crippen molar-refractivity contribution in [3.8, 4) is 0 Å². The van der Waals surface area contributed by atoms with Crippen LogP contribution in [0.25, 0.3) is 0 Å². The van der Waals surface area contributed by atoms with Crippen LogP contribution in [0.15, 0.2) is 42.5 Å². The van der Waals surface area contributed by atoms with Gasteiger partial charge in [-0.3, -0.25) is 0 Å². The average Bonchev–Trinajstić information content (AvgIpc) is 2.44. The minimum Gasteiger partial charge on any atom is -0.388 e. The monoisotopic (exact) mass is 297 g/mol. The lowest BCUT2D eigenvalue weighted by Crippen LogP contribution is -2.21. The van der Waals surface area contributed by atoms with Crippen molar-refractivity contribution in [1.82, 2.24) is 0 Å². The van der Waals surface area contributed by atoms with Crippen molar-refractivity contribution < 1.29 is 13.9 Å². The third-order valence-electron chi connectivity index (χ3n) is 3.22. The second kappa shape index (κ2) is 6.31. The molecule has 3 N–H and O–H groups in total. The van der Waals surface area contributed by atoms with Crippen LogP contribution in [0.4, 0.5) is 8.78 Å². The molecule has 0 saturated heterocycles. The van der Waals surface area contributed by atoms with Crippen molar-refractivity contribution in [3.05, 3.63) is 70.2 Å². The molecule has 2 rings (SSSR count). The summed E-state index contributed by atoms with van der Waals surface area (Å²) < 4.78 is 27.0. The van der Waals surface area contributed by atoms with Crippen LogP contribution in [0, 0.1) is 11.6 Å². The first-order valence-corrected chi connectivity index (χ1v) is 6.50. The van der Waals surface area contributed by atoms with E-state index in [9.17, 15) is 13.9 Å². The van der Waals surface area contributed by atoms with E-state index in [1.165, 1.54) is 0 Å². The molecule has 0 bridgehead atoms. The number of aliphatic hydroxyl groups is 1. The molecule has 0 heterocycles. The lowest BCUT2D eigenvalue weighted by atomic mass is 9.89. The molecule has 2 aromatic carbocycles. The zero-order valence-corrected chi connectivity index (χ0v) is 11.3. The van der Waals surface area contributed by atoms with Crippen LogP contribution in [0.5, 0.6) is 0 Å². The minimum atomic E-state index is -1.27. The maximum absolute atomic E-state index is 13.7. The number of aliphatic hydroxyl groups excluding tert-OH is 1. The fraction of sp³-hybridized carbons (Fsp3) is 0.200. The highest BCUT2D eigenvalue weighted by molar-refractivity contribution is 6.31. The molecule has 0 radical (unpaired) electrons. The van der Waals surface area contributed by atoms with E-state index in [1.807, 2.05) is 0 Å². The van der Waals surface area contributed by atoms with Crippen LogP contribution in [0.3, 0.4) is 0 Å². The molecule has 2 unspecified atom stereocenters. The molecule has 0 aliphatic heterocycles. The van der Waals surface area contributed by atoms with Crippen LogP contribution in [0.2, 0.25) is 5.02 Å². The number of halogens is 3. The predicted molar refractivity (Wildman–Crippen MR) is 74.6 cm³/mol. The molecular weight excluding hydrogens is 284 g/mol. The standard InChI is InChI=1S/C15H14ClF2NO/c16-13-4-2-1-3-10(13)12(8-19)15(20)11-7-9(17)5-6-14(11)18/h1-7,12,15,20H,8,19H2. The van der Waals surface area contributed by atoms with Gasteiger partial charge in [0.1, 0.15) is 11.6 Å². The Morgan fingerprint density at radius 3 is 2.45 bits per heavy atom. The van der Waals surface area contributed by atoms with Gasteiger partial charge >= 0.3 is 0 Å². The van der Waals surface area contributed by atoms with Gasteiger partial charge in [0.2, 0.25) is 0 Å². The van der Waals surface area contributed by atoms with E-state index in [0.29, 0.717) is 10.6 Å². The average molecular weight is 298 g/mol. The van der Waals surface area contributed by atoms with E-state index in [4.69, 9.17) is 17.3 Å². The summed E-state index contributed by atoms with van der Waals surface area (Å²) in [4.78, 5) is 0. The Labute approximate surface area is 120 Å². The van der Waals surface area contributed by atoms with Gasteiger partial charge in [0, 0.05) is 23.0 Å². The summed E-state index contributed by atoms with van der Waals surface area (Å²) in [5.41, 5.74) is 6.15. The SMILES string of the molecule is NCC(c1ccccc1Cl)C(O)c1cc(F)ccc1F. The Morgan fingerprint density at radius 2 is 1.80 bits per heavy atom. The Kier molecular flexibility index (Phi) is 4.70. The van der Waals surface area contributed by atoms with Crippen molar-refractivity contribution in [3.63, 3.8) is 0 Å². The van der Waals surface area contributed by atoms with Crippen molar-refractivity contribution >= 4 is 11.6 Å². The highest BCUT2D eigenvalue weighted by atomic mass is 35.5. The molecule has 106 valence electrons. The molecule has 2 nitrogen and oxygen atoms in total. The van der Waals surface area contributed by atoms with Crippen molar-refractivity contribution in [2.75, 3.05) is 6.54 Å². The molecular formula is C15H14ClF2NO.